The van der Waals surface area contributed by atoms with Crippen LogP contribution in [-0.4, -0.2) is 18.4 Å². The van der Waals surface area contributed by atoms with Crippen molar-refractivity contribution in [3.63, 3.8) is 0 Å². The minimum atomic E-state index is -0.230. The number of anilines is 1. The molecule has 0 bridgehead atoms. The van der Waals surface area contributed by atoms with Gasteiger partial charge in [0.25, 0.3) is 5.91 Å². The zero-order chi connectivity index (χ0) is 15.8. The van der Waals surface area contributed by atoms with Crippen LogP contribution in [0.5, 0.6) is 0 Å². The number of carbonyl (C=O) groups excluding carboxylic acids is 2. The molecule has 116 valence electrons. The molecule has 0 saturated heterocycles. The maximum atomic E-state index is 11.8. The summed E-state index contributed by atoms with van der Waals surface area (Å²) in [5.41, 5.74) is 2.02. The van der Waals surface area contributed by atoms with Crippen LogP contribution >= 0.6 is 11.3 Å². The molecular weight excluding hydrogens is 296 g/mol. The van der Waals surface area contributed by atoms with Gasteiger partial charge in [0.05, 0.1) is 11.4 Å². The summed E-state index contributed by atoms with van der Waals surface area (Å²) in [5, 5.41) is 7.21. The van der Waals surface area contributed by atoms with E-state index in [9.17, 15) is 9.59 Å². The van der Waals surface area contributed by atoms with Gasteiger partial charge in [-0.15, -0.1) is 11.3 Å². The number of benzene rings is 1. The Morgan fingerprint density at radius 2 is 1.91 bits per heavy atom. The first-order chi connectivity index (χ1) is 10.7. The molecule has 0 saturated carbocycles. The lowest BCUT2D eigenvalue weighted by Crippen LogP contribution is -2.32. The molecule has 1 aromatic heterocycles. The highest BCUT2D eigenvalue weighted by molar-refractivity contribution is 7.12. The minimum absolute atomic E-state index is 0.0334. The number of carbonyl (C=O) groups is 2. The van der Waals surface area contributed by atoms with Crippen molar-refractivity contribution in [3.05, 3.63) is 52.2 Å². The Balaban J connectivity index is 1.78. The predicted molar refractivity (Wildman–Crippen MR) is 90.3 cm³/mol. The van der Waals surface area contributed by atoms with E-state index in [4.69, 9.17) is 0 Å². The first-order valence-electron chi connectivity index (χ1n) is 7.39. The number of rotatable bonds is 7. The van der Waals surface area contributed by atoms with Gasteiger partial charge in [0.15, 0.2) is 0 Å². The SMILES string of the molecule is CCCCc1ccc(NC(=O)CNC(=O)c2cccs2)cc1. The van der Waals surface area contributed by atoms with Crippen LogP contribution in [-0.2, 0) is 11.2 Å². The zero-order valence-corrected chi connectivity index (χ0v) is 13.4. The number of unbranched alkanes of at least 4 members (excludes halogenated alkanes) is 1. The Morgan fingerprint density at radius 3 is 2.55 bits per heavy atom. The fourth-order valence-corrected chi connectivity index (χ4v) is 2.64. The van der Waals surface area contributed by atoms with Crippen molar-refractivity contribution in [2.45, 2.75) is 26.2 Å². The van der Waals surface area contributed by atoms with Crippen molar-refractivity contribution in [2.75, 3.05) is 11.9 Å². The monoisotopic (exact) mass is 316 g/mol. The molecule has 1 heterocycles. The standard InChI is InChI=1S/C17H20N2O2S/c1-2-3-5-13-7-9-14(10-8-13)19-16(20)12-18-17(21)15-6-4-11-22-15/h4,6-11H,2-3,5,12H2,1H3,(H,18,21)(H,19,20). The van der Waals surface area contributed by atoms with Crippen LogP contribution < -0.4 is 10.6 Å². The fraction of sp³-hybridized carbons (Fsp3) is 0.294. The molecule has 0 unspecified atom stereocenters. The Bertz CT molecular complexity index is 606. The van der Waals surface area contributed by atoms with Crippen LogP contribution in [0.3, 0.4) is 0 Å². The van der Waals surface area contributed by atoms with Gasteiger partial charge in [0.2, 0.25) is 5.91 Å². The van der Waals surface area contributed by atoms with E-state index in [0.717, 1.165) is 12.1 Å². The maximum Gasteiger partial charge on any atom is 0.261 e. The summed E-state index contributed by atoms with van der Waals surface area (Å²) in [4.78, 5) is 24.2. The Morgan fingerprint density at radius 1 is 1.14 bits per heavy atom. The van der Waals surface area contributed by atoms with Crippen molar-refractivity contribution in [3.8, 4) is 0 Å². The molecule has 0 atom stereocenters. The molecule has 0 fully saturated rings. The lowest BCUT2D eigenvalue weighted by atomic mass is 10.1. The average molecular weight is 316 g/mol. The first kappa shape index (κ1) is 16.2. The van der Waals surface area contributed by atoms with E-state index in [-0.39, 0.29) is 18.4 Å². The number of thiophene rings is 1. The molecule has 2 rings (SSSR count). The quantitative estimate of drug-likeness (QED) is 0.822. The number of aryl methyl sites for hydroxylation is 1. The Hall–Kier alpha value is -2.14. The molecule has 5 heteroatoms. The molecular formula is C17H20N2O2S. The van der Waals surface area contributed by atoms with E-state index >= 15 is 0 Å². The third kappa shape index (κ3) is 5.00. The van der Waals surface area contributed by atoms with Crippen LogP contribution in [0.1, 0.15) is 35.0 Å². The molecule has 22 heavy (non-hydrogen) atoms. The molecule has 1 aromatic carbocycles. The molecule has 0 spiro atoms. The number of hydrogen-bond donors (Lipinski definition) is 2. The zero-order valence-electron chi connectivity index (χ0n) is 12.6. The van der Waals surface area contributed by atoms with Crippen molar-refractivity contribution >= 4 is 28.8 Å². The highest BCUT2D eigenvalue weighted by Crippen LogP contribution is 2.12. The van der Waals surface area contributed by atoms with E-state index in [2.05, 4.69) is 17.6 Å². The van der Waals surface area contributed by atoms with Gasteiger partial charge in [0.1, 0.15) is 0 Å². The van der Waals surface area contributed by atoms with E-state index in [1.165, 1.54) is 29.7 Å². The summed E-state index contributed by atoms with van der Waals surface area (Å²) < 4.78 is 0. The van der Waals surface area contributed by atoms with Crippen LogP contribution in [0.15, 0.2) is 41.8 Å². The molecule has 2 aromatic rings. The van der Waals surface area contributed by atoms with Crippen molar-refractivity contribution in [2.24, 2.45) is 0 Å². The number of nitrogens with one attached hydrogen (secondary N) is 2. The van der Waals surface area contributed by atoms with Gasteiger partial charge >= 0.3 is 0 Å². The molecule has 0 radical (unpaired) electrons. The second-order valence-corrected chi connectivity index (χ2v) is 5.96. The lowest BCUT2D eigenvalue weighted by molar-refractivity contribution is -0.115. The Labute approximate surface area is 134 Å². The largest absolute Gasteiger partial charge is 0.342 e. The highest BCUT2D eigenvalue weighted by Gasteiger charge is 2.08. The summed E-state index contributed by atoms with van der Waals surface area (Å²) in [5.74, 6) is -0.453. The molecule has 4 nitrogen and oxygen atoms in total. The minimum Gasteiger partial charge on any atom is -0.342 e. The smallest absolute Gasteiger partial charge is 0.261 e. The van der Waals surface area contributed by atoms with E-state index in [1.54, 1.807) is 12.1 Å². The van der Waals surface area contributed by atoms with Gasteiger partial charge in [-0.1, -0.05) is 31.5 Å². The summed E-state index contributed by atoms with van der Waals surface area (Å²) >= 11 is 1.35. The van der Waals surface area contributed by atoms with Crippen LogP contribution in [0, 0.1) is 0 Å². The number of hydrogen-bond acceptors (Lipinski definition) is 3. The van der Waals surface area contributed by atoms with E-state index in [0.29, 0.717) is 4.88 Å². The first-order valence-corrected chi connectivity index (χ1v) is 8.27. The summed E-state index contributed by atoms with van der Waals surface area (Å²) in [6.45, 7) is 2.13. The maximum absolute atomic E-state index is 11.8. The molecule has 2 amide bonds. The molecule has 0 aliphatic rings. The topological polar surface area (TPSA) is 58.2 Å². The van der Waals surface area contributed by atoms with E-state index < -0.39 is 0 Å². The second kappa shape index (κ2) is 8.34. The third-order valence-corrected chi connectivity index (χ3v) is 4.08. The van der Waals surface area contributed by atoms with Crippen LogP contribution in [0.4, 0.5) is 5.69 Å². The third-order valence-electron chi connectivity index (χ3n) is 3.21. The molecule has 0 aliphatic carbocycles. The van der Waals surface area contributed by atoms with Crippen molar-refractivity contribution in [1.29, 1.82) is 0 Å². The van der Waals surface area contributed by atoms with Crippen molar-refractivity contribution < 1.29 is 9.59 Å². The van der Waals surface area contributed by atoms with Crippen LogP contribution in [0.25, 0.3) is 0 Å². The average Bonchev–Trinajstić information content (AvgIpc) is 3.06. The molecule has 0 aliphatic heterocycles. The van der Waals surface area contributed by atoms with Crippen molar-refractivity contribution in [1.82, 2.24) is 5.32 Å². The second-order valence-electron chi connectivity index (χ2n) is 5.01. The normalized spacial score (nSPS) is 10.2. The lowest BCUT2D eigenvalue weighted by Gasteiger charge is -2.07. The highest BCUT2D eigenvalue weighted by atomic mass is 32.1. The van der Waals surface area contributed by atoms with Gasteiger partial charge in [-0.05, 0) is 42.0 Å². The predicted octanol–water partition coefficient (Wildman–Crippen LogP) is 3.46. The number of amides is 2. The van der Waals surface area contributed by atoms with Gasteiger partial charge in [-0.25, -0.2) is 0 Å². The summed E-state index contributed by atoms with van der Waals surface area (Å²) in [6, 6.07) is 11.4. The van der Waals surface area contributed by atoms with Gasteiger partial charge in [-0.3, -0.25) is 9.59 Å². The fourth-order valence-electron chi connectivity index (χ4n) is 2.00. The van der Waals surface area contributed by atoms with Gasteiger partial charge < -0.3 is 10.6 Å². The van der Waals surface area contributed by atoms with E-state index in [1.807, 2.05) is 29.6 Å². The summed E-state index contributed by atoms with van der Waals surface area (Å²) in [7, 11) is 0. The molecule has 2 N–H and O–H groups in total. The van der Waals surface area contributed by atoms with Gasteiger partial charge in [-0.2, -0.15) is 0 Å². The summed E-state index contributed by atoms with van der Waals surface area (Å²) in [6.07, 6.45) is 3.39. The Kier molecular flexibility index (Phi) is 6.15. The van der Waals surface area contributed by atoms with Gasteiger partial charge in [0, 0.05) is 5.69 Å². The van der Waals surface area contributed by atoms with Crippen LogP contribution in [0.2, 0.25) is 0 Å².